The third kappa shape index (κ3) is 3.22. The standard InChI is InChI=1S/C12H17N2O2/c1-9-6-5-7-10(11(9)14(15)16)13-8-12(2,3)4/h5-7,13H,1,8H2,2-4H3. The van der Waals surface area contributed by atoms with Gasteiger partial charge in [-0.1, -0.05) is 32.9 Å². The lowest BCUT2D eigenvalue weighted by Gasteiger charge is -2.19. The average molecular weight is 221 g/mol. The topological polar surface area (TPSA) is 55.2 Å². The molecule has 0 saturated carbocycles. The van der Waals surface area contributed by atoms with Crippen molar-refractivity contribution in [2.75, 3.05) is 11.9 Å². The van der Waals surface area contributed by atoms with Crippen molar-refractivity contribution in [1.82, 2.24) is 0 Å². The Kier molecular flexibility index (Phi) is 3.52. The number of nitrogens with zero attached hydrogens (tertiary/aromatic N) is 1. The van der Waals surface area contributed by atoms with Crippen molar-refractivity contribution in [3.05, 3.63) is 40.8 Å². The Balaban J connectivity index is 2.96. The molecule has 1 rings (SSSR count). The van der Waals surface area contributed by atoms with Crippen molar-refractivity contribution in [2.45, 2.75) is 20.8 Å². The Bertz CT molecular complexity index is 394. The highest BCUT2D eigenvalue weighted by Crippen LogP contribution is 2.28. The fraction of sp³-hybridized carbons (Fsp3) is 0.417. The van der Waals surface area contributed by atoms with Gasteiger partial charge in [0, 0.05) is 12.1 Å². The molecular formula is C12H17N2O2. The van der Waals surface area contributed by atoms with Crippen LogP contribution in [0, 0.1) is 22.5 Å². The van der Waals surface area contributed by atoms with Gasteiger partial charge < -0.3 is 5.32 Å². The lowest BCUT2D eigenvalue weighted by Crippen LogP contribution is -2.19. The first-order chi connectivity index (χ1) is 7.31. The number of nitro groups is 1. The van der Waals surface area contributed by atoms with E-state index >= 15 is 0 Å². The lowest BCUT2D eigenvalue weighted by molar-refractivity contribution is -0.384. The molecule has 0 aliphatic carbocycles. The predicted octanol–water partition coefficient (Wildman–Crippen LogP) is 3.23. The van der Waals surface area contributed by atoms with E-state index in [9.17, 15) is 10.1 Å². The predicted molar refractivity (Wildman–Crippen MR) is 65.5 cm³/mol. The van der Waals surface area contributed by atoms with E-state index in [1.807, 2.05) is 0 Å². The van der Waals surface area contributed by atoms with Gasteiger partial charge in [-0.2, -0.15) is 0 Å². The van der Waals surface area contributed by atoms with Crippen LogP contribution in [-0.4, -0.2) is 11.5 Å². The molecule has 0 bridgehead atoms. The average Bonchev–Trinajstić information content (AvgIpc) is 2.12. The molecule has 0 heterocycles. The fourth-order valence-corrected chi connectivity index (χ4v) is 1.31. The molecule has 0 atom stereocenters. The van der Waals surface area contributed by atoms with E-state index in [2.05, 4.69) is 33.0 Å². The Morgan fingerprint density at radius 2 is 2.06 bits per heavy atom. The number of nitro benzene ring substituents is 1. The summed E-state index contributed by atoms with van der Waals surface area (Å²) in [5, 5.41) is 14.0. The molecule has 0 aliphatic heterocycles. The van der Waals surface area contributed by atoms with Crippen LogP contribution in [0.25, 0.3) is 0 Å². The fourth-order valence-electron chi connectivity index (χ4n) is 1.31. The lowest BCUT2D eigenvalue weighted by atomic mass is 9.97. The van der Waals surface area contributed by atoms with E-state index in [4.69, 9.17) is 0 Å². The highest BCUT2D eigenvalue weighted by atomic mass is 16.6. The van der Waals surface area contributed by atoms with Gasteiger partial charge in [0.2, 0.25) is 0 Å². The van der Waals surface area contributed by atoms with Crippen LogP contribution in [-0.2, 0) is 0 Å². The van der Waals surface area contributed by atoms with Crippen LogP contribution in [0.5, 0.6) is 0 Å². The van der Waals surface area contributed by atoms with Crippen LogP contribution in [0.3, 0.4) is 0 Å². The monoisotopic (exact) mass is 221 g/mol. The van der Waals surface area contributed by atoms with Crippen LogP contribution in [0.2, 0.25) is 0 Å². The number of nitrogens with one attached hydrogen (secondary N) is 1. The molecule has 0 aliphatic rings. The minimum Gasteiger partial charge on any atom is -0.379 e. The summed E-state index contributed by atoms with van der Waals surface area (Å²) in [6, 6.07) is 5.11. The molecule has 0 spiro atoms. The van der Waals surface area contributed by atoms with E-state index in [-0.39, 0.29) is 11.1 Å². The summed E-state index contributed by atoms with van der Waals surface area (Å²) in [4.78, 5) is 10.5. The molecule has 87 valence electrons. The first kappa shape index (κ1) is 12.5. The van der Waals surface area contributed by atoms with E-state index < -0.39 is 4.92 Å². The zero-order chi connectivity index (χ0) is 12.3. The number of para-hydroxylation sites is 1. The van der Waals surface area contributed by atoms with E-state index in [1.165, 1.54) is 0 Å². The highest BCUT2D eigenvalue weighted by Gasteiger charge is 2.18. The van der Waals surface area contributed by atoms with Crippen LogP contribution in [0.15, 0.2) is 18.2 Å². The van der Waals surface area contributed by atoms with E-state index in [0.29, 0.717) is 17.8 Å². The Morgan fingerprint density at radius 1 is 1.44 bits per heavy atom. The van der Waals surface area contributed by atoms with Gasteiger partial charge in [-0.3, -0.25) is 10.1 Å². The van der Waals surface area contributed by atoms with Crippen molar-refractivity contribution in [1.29, 1.82) is 0 Å². The summed E-state index contributed by atoms with van der Waals surface area (Å²) in [6.45, 7) is 10.6. The first-order valence-corrected chi connectivity index (χ1v) is 5.14. The molecule has 0 fully saturated rings. The zero-order valence-electron chi connectivity index (χ0n) is 9.91. The molecule has 0 saturated heterocycles. The summed E-state index contributed by atoms with van der Waals surface area (Å²) in [5.41, 5.74) is 1.11. The molecule has 0 aromatic heterocycles. The van der Waals surface area contributed by atoms with Crippen molar-refractivity contribution in [3.63, 3.8) is 0 Å². The number of benzene rings is 1. The van der Waals surface area contributed by atoms with Gasteiger partial charge in [-0.15, -0.1) is 0 Å². The van der Waals surface area contributed by atoms with Crippen molar-refractivity contribution >= 4 is 11.4 Å². The normalized spacial score (nSPS) is 11.2. The molecule has 1 radical (unpaired) electrons. The summed E-state index contributed by atoms with van der Waals surface area (Å²) in [7, 11) is 0. The van der Waals surface area contributed by atoms with Crippen LogP contribution in [0.4, 0.5) is 11.4 Å². The van der Waals surface area contributed by atoms with Crippen molar-refractivity contribution in [2.24, 2.45) is 5.41 Å². The maximum atomic E-state index is 10.9. The Labute approximate surface area is 95.8 Å². The number of anilines is 1. The van der Waals surface area contributed by atoms with Crippen LogP contribution in [0.1, 0.15) is 26.3 Å². The van der Waals surface area contributed by atoms with Gasteiger partial charge >= 0.3 is 0 Å². The van der Waals surface area contributed by atoms with E-state index in [1.54, 1.807) is 18.2 Å². The molecule has 0 unspecified atom stereocenters. The largest absolute Gasteiger partial charge is 0.379 e. The molecular weight excluding hydrogens is 204 g/mol. The van der Waals surface area contributed by atoms with Crippen molar-refractivity contribution in [3.8, 4) is 0 Å². The van der Waals surface area contributed by atoms with E-state index in [0.717, 1.165) is 0 Å². The molecule has 1 aromatic rings. The molecule has 4 heteroatoms. The van der Waals surface area contributed by atoms with Gasteiger partial charge in [-0.25, -0.2) is 0 Å². The molecule has 1 aromatic carbocycles. The van der Waals surface area contributed by atoms with Crippen LogP contribution < -0.4 is 5.32 Å². The van der Waals surface area contributed by atoms with Gasteiger partial charge in [0.1, 0.15) is 5.69 Å². The maximum absolute atomic E-state index is 10.9. The summed E-state index contributed by atoms with van der Waals surface area (Å²) in [5.74, 6) is 0. The third-order valence-corrected chi connectivity index (χ3v) is 2.11. The molecule has 1 N–H and O–H groups in total. The van der Waals surface area contributed by atoms with Gasteiger partial charge in [0.05, 0.1) is 4.92 Å². The SMILES string of the molecule is [CH2]c1cccc(NCC(C)(C)C)c1[N+](=O)[O-]. The second kappa shape index (κ2) is 4.51. The quantitative estimate of drug-likeness (QED) is 0.629. The van der Waals surface area contributed by atoms with Gasteiger partial charge in [-0.05, 0) is 18.4 Å². The first-order valence-electron chi connectivity index (χ1n) is 5.14. The minimum atomic E-state index is -0.396. The van der Waals surface area contributed by atoms with Gasteiger partial charge in [0.15, 0.2) is 0 Å². The maximum Gasteiger partial charge on any atom is 0.295 e. The third-order valence-electron chi connectivity index (χ3n) is 2.11. The zero-order valence-corrected chi connectivity index (χ0v) is 9.91. The number of hydrogen-bond donors (Lipinski definition) is 1. The summed E-state index contributed by atoms with van der Waals surface area (Å²) in [6.07, 6.45) is 0. The van der Waals surface area contributed by atoms with Gasteiger partial charge in [0.25, 0.3) is 5.69 Å². The van der Waals surface area contributed by atoms with Crippen LogP contribution >= 0.6 is 0 Å². The smallest absolute Gasteiger partial charge is 0.295 e. The number of hydrogen-bond acceptors (Lipinski definition) is 3. The minimum absolute atomic E-state index is 0.0618. The van der Waals surface area contributed by atoms with Crippen molar-refractivity contribution < 1.29 is 4.92 Å². The second-order valence-corrected chi connectivity index (χ2v) is 4.98. The number of rotatable bonds is 3. The summed E-state index contributed by atoms with van der Waals surface area (Å²) >= 11 is 0. The highest BCUT2D eigenvalue weighted by molar-refractivity contribution is 5.66. The molecule has 4 nitrogen and oxygen atoms in total. The summed E-state index contributed by atoms with van der Waals surface area (Å²) < 4.78 is 0. The Hall–Kier alpha value is -1.58. The second-order valence-electron chi connectivity index (χ2n) is 4.98. The molecule has 0 amide bonds. The molecule has 16 heavy (non-hydrogen) atoms. The Morgan fingerprint density at radius 3 is 2.56 bits per heavy atom.